The van der Waals surface area contributed by atoms with Gasteiger partial charge in [-0.15, -0.1) is 0 Å². The van der Waals surface area contributed by atoms with Gasteiger partial charge in [0.05, 0.1) is 6.61 Å². The molecule has 2 saturated carbocycles. The van der Waals surface area contributed by atoms with Crippen LogP contribution < -0.4 is 4.74 Å². The summed E-state index contributed by atoms with van der Waals surface area (Å²) in [4.78, 5) is 12.5. The molecule has 0 aliphatic heterocycles. The highest BCUT2D eigenvalue weighted by molar-refractivity contribution is 6.00. The molecule has 2 aliphatic rings. The Morgan fingerprint density at radius 3 is 2.37 bits per heavy atom. The van der Waals surface area contributed by atoms with Gasteiger partial charge in [-0.05, 0) is 55.4 Å². The van der Waals surface area contributed by atoms with Gasteiger partial charge in [-0.2, -0.15) is 0 Å². The predicted molar refractivity (Wildman–Crippen MR) is 75.5 cm³/mol. The molecule has 0 N–H and O–H groups in total. The fraction of sp³-hybridized carbons (Fsp3) is 0.588. The lowest BCUT2D eigenvalue weighted by Crippen LogP contribution is -2.04. The molecule has 0 heterocycles. The van der Waals surface area contributed by atoms with Gasteiger partial charge in [-0.1, -0.05) is 19.8 Å². The molecule has 2 fully saturated rings. The summed E-state index contributed by atoms with van der Waals surface area (Å²) in [6, 6.07) is 7.71. The van der Waals surface area contributed by atoms with Crippen LogP contribution in [0.1, 0.15) is 49.4 Å². The maximum absolute atomic E-state index is 12.5. The lowest BCUT2D eigenvalue weighted by molar-refractivity contribution is 0.0956. The molecule has 0 aromatic heterocycles. The molecule has 0 radical (unpaired) electrons. The van der Waals surface area contributed by atoms with Crippen molar-refractivity contribution in [2.45, 2.75) is 39.0 Å². The lowest BCUT2D eigenvalue weighted by Gasteiger charge is -2.05. The first-order valence-corrected chi connectivity index (χ1v) is 7.58. The van der Waals surface area contributed by atoms with Gasteiger partial charge < -0.3 is 4.74 Å². The average molecular weight is 258 g/mol. The number of hydrogen-bond acceptors (Lipinski definition) is 2. The van der Waals surface area contributed by atoms with Crippen LogP contribution in [0.4, 0.5) is 0 Å². The van der Waals surface area contributed by atoms with Crippen LogP contribution >= 0.6 is 0 Å². The lowest BCUT2D eigenvalue weighted by atomic mass is 10.0. The number of ether oxygens (including phenoxy) is 1. The Bertz CT molecular complexity index is 437. The van der Waals surface area contributed by atoms with Gasteiger partial charge in [-0.25, -0.2) is 0 Å². The Labute approximate surface area is 115 Å². The van der Waals surface area contributed by atoms with E-state index in [9.17, 15) is 4.79 Å². The van der Waals surface area contributed by atoms with Crippen molar-refractivity contribution in [1.29, 1.82) is 0 Å². The molecule has 1 aromatic rings. The van der Waals surface area contributed by atoms with Gasteiger partial charge in [0, 0.05) is 11.5 Å². The molecule has 2 nitrogen and oxygen atoms in total. The topological polar surface area (TPSA) is 26.3 Å². The number of fused-ring (bicyclic) bond motifs is 1. The number of hydrogen-bond donors (Lipinski definition) is 0. The summed E-state index contributed by atoms with van der Waals surface area (Å²) in [5.74, 6) is 2.94. The van der Waals surface area contributed by atoms with Crippen LogP contribution in [0.25, 0.3) is 0 Å². The molecule has 0 spiro atoms. The molecule has 2 aliphatic carbocycles. The van der Waals surface area contributed by atoms with Crippen molar-refractivity contribution < 1.29 is 9.53 Å². The van der Waals surface area contributed by atoms with Gasteiger partial charge in [0.1, 0.15) is 5.75 Å². The Kier molecular flexibility index (Phi) is 3.58. The summed E-state index contributed by atoms with van der Waals surface area (Å²) in [6.45, 7) is 2.83. The number of ketones is 1. The fourth-order valence-electron chi connectivity index (χ4n) is 3.51. The maximum atomic E-state index is 12.5. The molecular weight excluding hydrogens is 236 g/mol. The smallest absolute Gasteiger partial charge is 0.166 e. The summed E-state index contributed by atoms with van der Waals surface area (Å²) in [5, 5.41) is 0. The summed E-state index contributed by atoms with van der Waals surface area (Å²) in [6.07, 6.45) is 6.16. The zero-order chi connectivity index (χ0) is 13.2. The highest BCUT2D eigenvalue weighted by atomic mass is 16.5. The third-order valence-electron chi connectivity index (χ3n) is 4.57. The molecule has 102 valence electrons. The molecule has 2 atom stereocenters. The van der Waals surface area contributed by atoms with Crippen molar-refractivity contribution in [1.82, 2.24) is 0 Å². The predicted octanol–water partition coefficient (Wildman–Crippen LogP) is 4.09. The highest BCUT2D eigenvalue weighted by Gasteiger charge is 2.54. The maximum Gasteiger partial charge on any atom is 0.166 e. The van der Waals surface area contributed by atoms with E-state index >= 15 is 0 Å². The van der Waals surface area contributed by atoms with Crippen molar-refractivity contribution in [3.05, 3.63) is 29.8 Å². The molecule has 1 aromatic carbocycles. The third-order valence-corrected chi connectivity index (χ3v) is 4.57. The van der Waals surface area contributed by atoms with Gasteiger partial charge in [0.15, 0.2) is 5.78 Å². The normalized spacial score (nSPS) is 28.6. The standard InChI is InChI=1S/C17H22O2/c1-2-11-19-13-9-7-12(8-10-13)17(18)16-14-5-3-4-6-15(14)16/h7-10,14-16H,2-6,11H2,1H3. The first kappa shape index (κ1) is 12.7. The average Bonchev–Trinajstić information content (AvgIpc) is 3.19. The van der Waals surface area contributed by atoms with Crippen LogP contribution in [-0.4, -0.2) is 12.4 Å². The second-order valence-corrected chi connectivity index (χ2v) is 5.88. The zero-order valence-electron chi connectivity index (χ0n) is 11.6. The quantitative estimate of drug-likeness (QED) is 0.743. The van der Waals surface area contributed by atoms with Crippen LogP contribution in [0, 0.1) is 17.8 Å². The van der Waals surface area contributed by atoms with Crippen LogP contribution in [0.15, 0.2) is 24.3 Å². The van der Waals surface area contributed by atoms with Crippen LogP contribution in [0.5, 0.6) is 5.75 Å². The SMILES string of the molecule is CCCOc1ccc(C(=O)C2C3CCCCC32)cc1. The van der Waals surface area contributed by atoms with Crippen molar-refractivity contribution in [3.63, 3.8) is 0 Å². The van der Waals surface area contributed by atoms with Crippen LogP contribution in [-0.2, 0) is 0 Å². The fourth-order valence-corrected chi connectivity index (χ4v) is 3.51. The van der Waals surface area contributed by atoms with E-state index in [-0.39, 0.29) is 0 Å². The molecule has 3 rings (SSSR count). The first-order chi connectivity index (χ1) is 9.31. The first-order valence-electron chi connectivity index (χ1n) is 7.58. The summed E-state index contributed by atoms with van der Waals surface area (Å²) in [7, 11) is 0. The minimum atomic E-state index is 0.324. The van der Waals surface area contributed by atoms with E-state index in [0.29, 0.717) is 23.5 Å². The van der Waals surface area contributed by atoms with Crippen LogP contribution in [0.3, 0.4) is 0 Å². The number of rotatable bonds is 5. The van der Waals surface area contributed by atoms with Crippen molar-refractivity contribution in [2.24, 2.45) is 17.8 Å². The number of Topliss-reactive ketones (excluding diaryl/α,β-unsaturated/α-hetero) is 1. The molecular formula is C17H22O2. The largest absolute Gasteiger partial charge is 0.494 e. The van der Waals surface area contributed by atoms with Gasteiger partial charge in [0.25, 0.3) is 0 Å². The third kappa shape index (κ3) is 2.54. The molecule has 2 heteroatoms. The molecule has 0 amide bonds. The number of benzene rings is 1. The Morgan fingerprint density at radius 1 is 1.16 bits per heavy atom. The van der Waals surface area contributed by atoms with Crippen LogP contribution in [0.2, 0.25) is 0 Å². The van der Waals surface area contributed by atoms with Gasteiger partial charge >= 0.3 is 0 Å². The summed E-state index contributed by atoms with van der Waals surface area (Å²) >= 11 is 0. The second kappa shape index (κ2) is 5.36. The van der Waals surface area contributed by atoms with Gasteiger partial charge in [0.2, 0.25) is 0 Å². The Hall–Kier alpha value is -1.31. The number of carbonyl (C=O) groups is 1. The van der Waals surface area contributed by atoms with E-state index in [0.717, 1.165) is 24.3 Å². The summed E-state index contributed by atoms with van der Waals surface area (Å²) < 4.78 is 5.55. The monoisotopic (exact) mass is 258 g/mol. The van der Waals surface area contributed by atoms with Crippen molar-refractivity contribution >= 4 is 5.78 Å². The molecule has 0 bridgehead atoms. The van der Waals surface area contributed by atoms with E-state index in [2.05, 4.69) is 6.92 Å². The second-order valence-electron chi connectivity index (χ2n) is 5.88. The van der Waals surface area contributed by atoms with E-state index in [1.165, 1.54) is 25.7 Å². The molecule has 0 saturated heterocycles. The zero-order valence-corrected chi connectivity index (χ0v) is 11.6. The number of carbonyl (C=O) groups excluding carboxylic acids is 1. The van der Waals surface area contributed by atoms with Crippen molar-refractivity contribution in [2.75, 3.05) is 6.61 Å². The van der Waals surface area contributed by atoms with Crippen molar-refractivity contribution in [3.8, 4) is 5.75 Å². The Morgan fingerprint density at radius 2 is 1.79 bits per heavy atom. The molecule has 2 unspecified atom stereocenters. The van der Waals surface area contributed by atoms with Gasteiger partial charge in [-0.3, -0.25) is 4.79 Å². The summed E-state index contributed by atoms with van der Waals surface area (Å²) in [5.41, 5.74) is 0.864. The minimum absolute atomic E-state index is 0.324. The highest BCUT2D eigenvalue weighted by Crippen LogP contribution is 2.56. The minimum Gasteiger partial charge on any atom is -0.494 e. The van der Waals surface area contributed by atoms with E-state index < -0.39 is 0 Å². The van der Waals surface area contributed by atoms with E-state index in [4.69, 9.17) is 4.74 Å². The van der Waals surface area contributed by atoms with E-state index in [1.54, 1.807) is 0 Å². The molecule has 19 heavy (non-hydrogen) atoms. The van der Waals surface area contributed by atoms with E-state index in [1.807, 2.05) is 24.3 Å². The Balaban J connectivity index is 1.64.